The number of rotatable bonds is 3. The number of nitro groups is 1. The van der Waals surface area contributed by atoms with E-state index in [0.29, 0.717) is 18.8 Å². The van der Waals surface area contributed by atoms with Crippen molar-refractivity contribution in [2.45, 2.75) is 19.4 Å². The van der Waals surface area contributed by atoms with Crippen LogP contribution in [0.5, 0.6) is 0 Å². The van der Waals surface area contributed by atoms with Crippen molar-refractivity contribution >= 4 is 17.3 Å². The Morgan fingerprint density at radius 3 is 2.75 bits per heavy atom. The monoisotopic (exact) mass is 280 g/mol. The Morgan fingerprint density at radius 2 is 2.20 bits per heavy atom. The fraction of sp³-hybridized carbons (Fsp3) is 0.462. The van der Waals surface area contributed by atoms with Crippen LogP contribution in [0.1, 0.15) is 23.7 Å². The van der Waals surface area contributed by atoms with Gasteiger partial charge in [-0.25, -0.2) is 4.79 Å². The van der Waals surface area contributed by atoms with E-state index in [9.17, 15) is 20.0 Å². The number of aliphatic hydroxyl groups excluding tert-OH is 1. The average molecular weight is 280 g/mol. The van der Waals surface area contributed by atoms with Gasteiger partial charge in [0.25, 0.3) is 5.69 Å². The Labute approximate surface area is 115 Å². The van der Waals surface area contributed by atoms with Crippen LogP contribution in [0, 0.1) is 16.0 Å². The lowest BCUT2D eigenvalue weighted by molar-refractivity contribution is -0.385. The van der Waals surface area contributed by atoms with Crippen molar-refractivity contribution in [3.05, 3.63) is 33.9 Å². The number of β-amino-alcohol motifs (C(OH)–C–C–N with tert-alkyl or cyclic N) is 1. The summed E-state index contributed by atoms with van der Waals surface area (Å²) in [5, 5.41) is 29.7. The molecule has 0 aromatic heterocycles. The molecule has 7 nitrogen and oxygen atoms in total. The summed E-state index contributed by atoms with van der Waals surface area (Å²) in [6, 6.07) is 4.01. The summed E-state index contributed by atoms with van der Waals surface area (Å²) < 4.78 is 0. The topological polar surface area (TPSA) is 104 Å². The van der Waals surface area contributed by atoms with Gasteiger partial charge in [-0.15, -0.1) is 0 Å². The zero-order valence-electron chi connectivity index (χ0n) is 11.0. The van der Waals surface area contributed by atoms with E-state index in [4.69, 9.17) is 5.11 Å². The maximum absolute atomic E-state index is 11.1. The third-order valence-corrected chi connectivity index (χ3v) is 3.69. The molecule has 1 aliphatic heterocycles. The van der Waals surface area contributed by atoms with E-state index in [1.165, 1.54) is 18.2 Å². The number of hydrogen-bond acceptors (Lipinski definition) is 5. The van der Waals surface area contributed by atoms with Crippen molar-refractivity contribution in [1.29, 1.82) is 0 Å². The molecule has 1 aromatic carbocycles. The Bertz CT molecular complexity index is 546. The van der Waals surface area contributed by atoms with E-state index in [1.54, 1.807) is 0 Å². The summed E-state index contributed by atoms with van der Waals surface area (Å²) in [6.07, 6.45) is 0.313. The molecule has 0 saturated carbocycles. The van der Waals surface area contributed by atoms with E-state index in [0.717, 1.165) is 6.42 Å². The molecule has 1 heterocycles. The van der Waals surface area contributed by atoms with Crippen molar-refractivity contribution in [2.24, 2.45) is 5.92 Å². The minimum atomic E-state index is -1.33. The maximum atomic E-state index is 11.1. The number of benzene rings is 1. The molecule has 1 aromatic rings. The molecule has 1 fully saturated rings. The molecule has 20 heavy (non-hydrogen) atoms. The molecule has 2 unspecified atom stereocenters. The summed E-state index contributed by atoms with van der Waals surface area (Å²) >= 11 is 0. The van der Waals surface area contributed by atoms with Gasteiger partial charge in [0.05, 0.1) is 11.0 Å². The number of carbonyl (C=O) groups is 1. The first-order valence-electron chi connectivity index (χ1n) is 6.35. The first-order valence-corrected chi connectivity index (χ1v) is 6.35. The fourth-order valence-electron chi connectivity index (χ4n) is 2.33. The quantitative estimate of drug-likeness (QED) is 0.642. The van der Waals surface area contributed by atoms with Gasteiger partial charge in [0.15, 0.2) is 0 Å². The highest BCUT2D eigenvalue weighted by atomic mass is 16.6. The van der Waals surface area contributed by atoms with Crippen LogP contribution in [0.15, 0.2) is 18.2 Å². The smallest absolute Gasteiger partial charge is 0.342 e. The number of anilines is 1. The van der Waals surface area contributed by atoms with Crippen molar-refractivity contribution in [3.8, 4) is 0 Å². The highest BCUT2D eigenvalue weighted by Gasteiger charge is 2.27. The molecule has 0 aliphatic carbocycles. The SMILES string of the molecule is CC1CCN(c2ccc([N+](=O)[O-])c(C(=O)O)c2)CC1O. The van der Waals surface area contributed by atoms with Crippen LogP contribution in [0.3, 0.4) is 0 Å². The molecule has 2 rings (SSSR count). The van der Waals surface area contributed by atoms with Gasteiger partial charge in [0, 0.05) is 24.8 Å². The molecule has 1 saturated heterocycles. The van der Waals surface area contributed by atoms with Gasteiger partial charge < -0.3 is 15.1 Å². The third kappa shape index (κ3) is 2.72. The molecule has 2 atom stereocenters. The van der Waals surface area contributed by atoms with Gasteiger partial charge in [0.1, 0.15) is 5.56 Å². The summed E-state index contributed by atoms with van der Waals surface area (Å²) in [4.78, 5) is 23.0. The van der Waals surface area contributed by atoms with Crippen LogP contribution in [-0.4, -0.2) is 40.3 Å². The van der Waals surface area contributed by atoms with Crippen LogP contribution in [-0.2, 0) is 0 Å². The summed E-state index contributed by atoms with van der Waals surface area (Å²) in [5.74, 6) is -1.13. The van der Waals surface area contributed by atoms with E-state index in [-0.39, 0.29) is 11.5 Å². The molecule has 0 spiro atoms. The van der Waals surface area contributed by atoms with Gasteiger partial charge in [-0.05, 0) is 24.5 Å². The van der Waals surface area contributed by atoms with Gasteiger partial charge in [-0.2, -0.15) is 0 Å². The Balaban J connectivity index is 2.32. The Hall–Kier alpha value is -2.15. The summed E-state index contributed by atoms with van der Waals surface area (Å²) in [6.45, 7) is 3.05. The number of carboxylic acid groups (broad SMARTS) is 1. The van der Waals surface area contributed by atoms with E-state index in [2.05, 4.69) is 0 Å². The normalized spacial score (nSPS) is 22.6. The zero-order valence-corrected chi connectivity index (χ0v) is 11.0. The number of piperidine rings is 1. The third-order valence-electron chi connectivity index (χ3n) is 3.69. The van der Waals surface area contributed by atoms with E-state index >= 15 is 0 Å². The molecule has 2 N–H and O–H groups in total. The van der Waals surface area contributed by atoms with Crippen LogP contribution < -0.4 is 4.90 Å². The lowest BCUT2D eigenvalue weighted by atomic mass is 9.95. The van der Waals surface area contributed by atoms with Gasteiger partial charge >= 0.3 is 5.97 Å². The summed E-state index contributed by atoms with van der Waals surface area (Å²) in [5.41, 5.74) is -0.174. The highest BCUT2D eigenvalue weighted by molar-refractivity contribution is 5.93. The van der Waals surface area contributed by atoms with E-state index in [1.807, 2.05) is 11.8 Å². The number of aliphatic hydroxyl groups is 1. The number of hydrogen-bond donors (Lipinski definition) is 2. The lowest BCUT2D eigenvalue weighted by Gasteiger charge is -2.35. The average Bonchev–Trinajstić information content (AvgIpc) is 2.41. The number of nitro benzene ring substituents is 1. The zero-order chi connectivity index (χ0) is 14.9. The van der Waals surface area contributed by atoms with E-state index < -0.39 is 22.7 Å². The van der Waals surface area contributed by atoms with Crippen molar-refractivity contribution in [1.82, 2.24) is 0 Å². The molecule has 0 radical (unpaired) electrons. The van der Waals surface area contributed by atoms with Crippen LogP contribution in [0.25, 0.3) is 0 Å². The number of nitrogens with zero attached hydrogens (tertiary/aromatic N) is 2. The fourth-order valence-corrected chi connectivity index (χ4v) is 2.33. The molecule has 7 heteroatoms. The Morgan fingerprint density at radius 1 is 1.50 bits per heavy atom. The first-order chi connectivity index (χ1) is 9.40. The van der Waals surface area contributed by atoms with Crippen LogP contribution in [0.2, 0.25) is 0 Å². The standard InChI is InChI=1S/C13H16N2O5/c1-8-4-5-14(7-12(8)16)9-2-3-11(15(19)20)10(6-9)13(17)18/h2-3,6,8,12,16H,4-5,7H2,1H3,(H,17,18). The van der Waals surface area contributed by atoms with Crippen molar-refractivity contribution in [2.75, 3.05) is 18.0 Å². The second-order valence-corrected chi connectivity index (χ2v) is 5.04. The minimum Gasteiger partial charge on any atom is -0.477 e. The van der Waals surface area contributed by atoms with Crippen LogP contribution >= 0.6 is 0 Å². The molecule has 0 bridgehead atoms. The number of aromatic carboxylic acids is 1. The Kier molecular flexibility index (Phi) is 3.89. The first kappa shape index (κ1) is 14.3. The maximum Gasteiger partial charge on any atom is 0.342 e. The molecule has 1 aliphatic rings. The minimum absolute atomic E-state index is 0.197. The van der Waals surface area contributed by atoms with Gasteiger partial charge in [-0.1, -0.05) is 6.92 Å². The van der Waals surface area contributed by atoms with Crippen molar-refractivity contribution < 1.29 is 19.9 Å². The molecule has 0 amide bonds. The lowest BCUT2D eigenvalue weighted by Crippen LogP contribution is -2.42. The largest absolute Gasteiger partial charge is 0.477 e. The second-order valence-electron chi connectivity index (χ2n) is 5.04. The second kappa shape index (κ2) is 5.46. The predicted octanol–water partition coefficient (Wildman–Crippen LogP) is 1.50. The van der Waals surface area contributed by atoms with Crippen LogP contribution in [0.4, 0.5) is 11.4 Å². The molecular weight excluding hydrogens is 264 g/mol. The summed E-state index contributed by atoms with van der Waals surface area (Å²) in [7, 11) is 0. The predicted molar refractivity (Wildman–Crippen MR) is 72.1 cm³/mol. The van der Waals surface area contributed by atoms with Crippen molar-refractivity contribution in [3.63, 3.8) is 0 Å². The highest BCUT2D eigenvalue weighted by Crippen LogP contribution is 2.28. The number of carboxylic acids is 1. The van der Waals surface area contributed by atoms with Gasteiger partial charge in [-0.3, -0.25) is 10.1 Å². The van der Waals surface area contributed by atoms with Gasteiger partial charge in [0.2, 0.25) is 0 Å². The molecule has 108 valence electrons. The molecular formula is C13H16N2O5.